The lowest BCUT2D eigenvalue weighted by molar-refractivity contribution is 0.458. The van der Waals surface area contributed by atoms with Gasteiger partial charge in [0.25, 0.3) is 0 Å². The number of aryl methyl sites for hydroxylation is 1. The number of rotatable bonds is 3. The van der Waals surface area contributed by atoms with Crippen LogP contribution < -0.4 is 5.32 Å². The maximum atomic E-state index is 5.90. The SMILES string of the molecule is CNC(C)c1ccc(-c2c(Br)cc(C)cc2Br)o1. The first-order valence-electron chi connectivity index (χ1n) is 5.76. The van der Waals surface area contributed by atoms with Crippen LogP contribution in [-0.4, -0.2) is 7.05 Å². The molecule has 0 spiro atoms. The van der Waals surface area contributed by atoms with Crippen molar-refractivity contribution >= 4 is 31.9 Å². The molecule has 0 aliphatic heterocycles. The fourth-order valence-electron chi connectivity index (χ4n) is 1.80. The van der Waals surface area contributed by atoms with Crippen LogP contribution in [0.1, 0.15) is 24.3 Å². The second kappa shape index (κ2) is 5.59. The lowest BCUT2D eigenvalue weighted by Crippen LogP contribution is -2.11. The average molecular weight is 373 g/mol. The van der Waals surface area contributed by atoms with Crippen LogP contribution in [0.4, 0.5) is 0 Å². The minimum Gasteiger partial charge on any atom is -0.459 e. The van der Waals surface area contributed by atoms with Crippen molar-refractivity contribution in [3.05, 3.63) is 44.5 Å². The van der Waals surface area contributed by atoms with Crippen molar-refractivity contribution in [2.75, 3.05) is 7.05 Å². The van der Waals surface area contributed by atoms with Crippen LogP contribution in [0.2, 0.25) is 0 Å². The van der Waals surface area contributed by atoms with Crippen LogP contribution in [0.5, 0.6) is 0 Å². The summed E-state index contributed by atoms with van der Waals surface area (Å²) in [6, 6.07) is 8.40. The first kappa shape index (κ1) is 13.8. The summed E-state index contributed by atoms with van der Waals surface area (Å²) in [6.45, 7) is 4.14. The van der Waals surface area contributed by atoms with Gasteiger partial charge in [-0.15, -0.1) is 0 Å². The van der Waals surface area contributed by atoms with Gasteiger partial charge in [-0.05, 0) is 82.6 Å². The van der Waals surface area contributed by atoms with Crippen LogP contribution >= 0.6 is 31.9 Å². The maximum Gasteiger partial charge on any atom is 0.136 e. The summed E-state index contributed by atoms with van der Waals surface area (Å²) in [5.74, 6) is 1.80. The predicted molar refractivity (Wildman–Crippen MR) is 81.8 cm³/mol. The summed E-state index contributed by atoms with van der Waals surface area (Å²) in [6.07, 6.45) is 0. The van der Waals surface area contributed by atoms with Crippen molar-refractivity contribution in [1.82, 2.24) is 5.32 Å². The van der Waals surface area contributed by atoms with Gasteiger partial charge < -0.3 is 9.73 Å². The van der Waals surface area contributed by atoms with E-state index in [4.69, 9.17) is 4.42 Å². The lowest BCUT2D eigenvalue weighted by atomic mass is 10.1. The number of furan rings is 1. The molecule has 0 radical (unpaired) electrons. The summed E-state index contributed by atoms with van der Waals surface area (Å²) in [7, 11) is 1.92. The molecule has 1 N–H and O–H groups in total. The molecule has 1 atom stereocenters. The highest BCUT2D eigenvalue weighted by atomic mass is 79.9. The third-order valence-corrected chi connectivity index (χ3v) is 4.17. The predicted octanol–water partition coefficient (Wildman–Crippen LogP) is 5.06. The molecule has 0 bridgehead atoms. The first-order valence-corrected chi connectivity index (χ1v) is 7.34. The number of halogens is 2. The summed E-state index contributed by atoms with van der Waals surface area (Å²) < 4.78 is 7.97. The van der Waals surface area contributed by atoms with Gasteiger partial charge >= 0.3 is 0 Å². The quantitative estimate of drug-likeness (QED) is 0.814. The Bertz CT molecular complexity index is 540. The Balaban J connectivity index is 2.46. The van der Waals surface area contributed by atoms with Gasteiger partial charge in [0.2, 0.25) is 0 Å². The van der Waals surface area contributed by atoms with Gasteiger partial charge in [-0.1, -0.05) is 0 Å². The minimum absolute atomic E-state index is 0.210. The van der Waals surface area contributed by atoms with Gasteiger partial charge in [0.1, 0.15) is 11.5 Å². The van der Waals surface area contributed by atoms with Gasteiger partial charge in [0.05, 0.1) is 6.04 Å². The van der Waals surface area contributed by atoms with Crippen molar-refractivity contribution in [2.45, 2.75) is 19.9 Å². The molecule has 0 saturated heterocycles. The van der Waals surface area contributed by atoms with Crippen LogP contribution in [0.3, 0.4) is 0 Å². The molecule has 1 aromatic carbocycles. The Morgan fingerprint density at radius 2 is 1.78 bits per heavy atom. The molecule has 0 saturated carbocycles. The highest BCUT2D eigenvalue weighted by molar-refractivity contribution is 9.11. The molecule has 96 valence electrons. The Kier molecular flexibility index (Phi) is 4.30. The maximum absolute atomic E-state index is 5.90. The molecular weight excluding hydrogens is 358 g/mol. The molecule has 0 fully saturated rings. The van der Waals surface area contributed by atoms with Crippen LogP contribution in [0, 0.1) is 6.92 Å². The lowest BCUT2D eigenvalue weighted by Gasteiger charge is -2.08. The summed E-state index contributed by atoms with van der Waals surface area (Å²) in [5, 5.41) is 3.17. The van der Waals surface area contributed by atoms with E-state index in [1.165, 1.54) is 5.56 Å². The number of hydrogen-bond donors (Lipinski definition) is 1. The second-order valence-electron chi connectivity index (χ2n) is 4.32. The highest BCUT2D eigenvalue weighted by Crippen LogP contribution is 2.37. The fraction of sp³-hybridized carbons (Fsp3) is 0.286. The van der Waals surface area contributed by atoms with Crippen molar-refractivity contribution in [3.8, 4) is 11.3 Å². The van der Waals surface area contributed by atoms with Gasteiger partial charge in [-0.3, -0.25) is 0 Å². The second-order valence-corrected chi connectivity index (χ2v) is 6.02. The molecule has 2 rings (SSSR count). The third-order valence-electron chi connectivity index (χ3n) is 2.92. The van der Waals surface area contributed by atoms with Gasteiger partial charge in [0, 0.05) is 14.5 Å². The number of benzene rings is 1. The molecule has 0 aliphatic rings. The molecule has 0 amide bonds. The molecule has 1 aromatic heterocycles. The molecule has 4 heteroatoms. The minimum atomic E-state index is 0.210. The molecule has 1 heterocycles. The summed E-state index contributed by atoms with van der Waals surface area (Å²) in [5.41, 5.74) is 2.25. The normalized spacial score (nSPS) is 12.7. The van der Waals surface area contributed by atoms with Crippen LogP contribution in [0.25, 0.3) is 11.3 Å². The van der Waals surface area contributed by atoms with E-state index < -0.39 is 0 Å². The van der Waals surface area contributed by atoms with E-state index in [-0.39, 0.29) is 6.04 Å². The smallest absolute Gasteiger partial charge is 0.136 e. The molecule has 0 aliphatic carbocycles. The van der Waals surface area contributed by atoms with Gasteiger partial charge in [0.15, 0.2) is 0 Å². The van der Waals surface area contributed by atoms with Crippen LogP contribution in [0.15, 0.2) is 37.6 Å². The number of hydrogen-bond acceptors (Lipinski definition) is 2. The molecule has 1 unspecified atom stereocenters. The zero-order valence-electron chi connectivity index (χ0n) is 10.6. The molecule has 2 aromatic rings. The fourth-order valence-corrected chi connectivity index (χ4v) is 3.60. The highest BCUT2D eigenvalue weighted by Gasteiger charge is 2.14. The van der Waals surface area contributed by atoms with E-state index in [1.54, 1.807) is 0 Å². The van der Waals surface area contributed by atoms with E-state index in [1.807, 2.05) is 19.2 Å². The topological polar surface area (TPSA) is 25.2 Å². The van der Waals surface area contributed by atoms with E-state index in [2.05, 4.69) is 63.2 Å². The standard InChI is InChI=1S/C14H15Br2NO/c1-8-6-10(15)14(11(16)7-8)13-5-4-12(18-13)9(2)17-3/h4-7,9,17H,1-3H3. The third kappa shape index (κ3) is 2.71. The van der Waals surface area contributed by atoms with Crippen molar-refractivity contribution in [2.24, 2.45) is 0 Å². The largest absolute Gasteiger partial charge is 0.459 e. The molecule has 18 heavy (non-hydrogen) atoms. The molecular formula is C14H15Br2NO. The zero-order chi connectivity index (χ0) is 13.3. The summed E-state index contributed by atoms with van der Waals surface area (Å²) >= 11 is 7.18. The van der Waals surface area contributed by atoms with Crippen molar-refractivity contribution < 1.29 is 4.42 Å². The Morgan fingerprint density at radius 3 is 2.33 bits per heavy atom. The summed E-state index contributed by atoms with van der Waals surface area (Å²) in [4.78, 5) is 0. The van der Waals surface area contributed by atoms with E-state index in [0.29, 0.717) is 0 Å². The Labute approximate surface area is 124 Å². The van der Waals surface area contributed by atoms with E-state index in [0.717, 1.165) is 26.0 Å². The first-order chi connectivity index (χ1) is 8.52. The van der Waals surface area contributed by atoms with Crippen molar-refractivity contribution in [3.63, 3.8) is 0 Å². The van der Waals surface area contributed by atoms with E-state index >= 15 is 0 Å². The Hall–Kier alpha value is -0.580. The van der Waals surface area contributed by atoms with Gasteiger partial charge in [-0.25, -0.2) is 0 Å². The van der Waals surface area contributed by atoms with Gasteiger partial charge in [-0.2, -0.15) is 0 Å². The monoisotopic (exact) mass is 371 g/mol. The van der Waals surface area contributed by atoms with Crippen molar-refractivity contribution in [1.29, 1.82) is 0 Å². The Morgan fingerprint density at radius 1 is 1.17 bits per heavy atom. The molecule has 2 nitrogen and oxygen atoms in total. The van der Waals surface area contributed by atoms with Crippen LogP contribution in [-0.2, 0) is 0 Å². The van der Waals surface area contributed by atoms with E-state index in [9.17, 15) is 0 Å². The average Bonchev–Trinajstić information content (AvgIpc) is 2.76. The number of nitrogens with one attached hydrogen (secondary N) is 1. The zero-order valence-corrected chi connectivity index (χ0v) is 13.7.